The molecule has 1 atom stereocenters. The Hall–Kier alpha value is -0.380. The van der Waals surface area contributed by atoms with Crippen LogP contribution in [0.3, 0.4) is 0 Å². The van der Waals surface area contributed by atoms with E-state index >= 15 is 0 Å². The predicted molar refractivity (Wildman–Crippen MR) is 81.4 cm³/mol. The van der Waals surface area contributed by atoms with E-state index in [9.17, 15) is 0 Å². The molecular weight excluding hydrogens is 222 g/mol. The van der Waals surface area contributed by atoms with Crippen molar-refractivity contribution in [3.63, 3.8) is 0 Å². The molecule has 0 aliphatic rings. The Morgan fingerprint density at radius 1 is 1.22 bits per heavy atom. The minimum Gasteiger partial charge on any atom is -0.297 e. The lowest BCUT2D eigenvalue weighted by Crippen LogP contribution is -2.59. The second kappa shape index (κ2) is 9.54. The van der Waals surface area contributed by atoms with Crippen molar-refractivity contribution in [2.75, 3.05) is 13.1 Å². The Morgan fingerprint density at radius 3 is 2.28 bits per heavy atom. The predicted octanol–water partition coefficient (Wildman–Crippen LogP) is 3.08. The maximum atomic E-state index is 5.75. The fraction of sp³-hybridized carbons (Fsp3) is 0.867. The largest absolute Gasteiger partial charge is 0.297 e. The highest BCUT2D eigenvalue weighted by Crippen LogP contribution is 2.22. The molecule has 0 spiro atoms. The Kier molecular flexibility index (Phi) is 9.34. The Labute approximate surface area is 114 Å². The molecule has 0 aromatic heterocycles. The molecule has 3 N–H and O–H groups in total. The van der Waals surface area contributed by atoms with Crippen LogP contribution in [0.2, 0.25) is 0 Å². The van der Waals surface area contributed by atoms with Gasteiger partial charge in [0.2, 0.25) is 0 Å². The second-order valence-corrected chi connectivity index (χ2v) is 5.47. The first-order valence-electron chi connectivity index (χ1n) is 7.36. The smallest absolute Gasteiger partial charge is 0.0389 e. The molecule has 0 heterocycles. The van der Waals surface area contributed by atoms with Crippen LogP contribution in [0.1, 0.15) is 59.8 Å². The maximum absolute atomic E-state index is 5.75. The highest BCUT2D eigenvalue weighted by Gasteiger charge is 2.32. The van der Waals surface area contributed by atoms with Crippen LogP contribution in [0.25, 0.3) is 0 Å². The molecule has 0 radical (unpaired) electrons. The molecule has 0 aliphatic carbocycles. The van der Waals surface area contributed by atoms with Crippen molar-refractivity contribution in [1.82, 2.24) is 10.3 Å². The monoisotopic (exact) mass is 255 g/mol. The zero-order chi connectivity index (χ0) is 14.0. The summed E-state index contributed by atoms with van der Waals surface area (Å²) < 4.78 is 0. The molecule has 0 aliphatic heterocycles. The Balaban J connectivity index is 4.24. The van der Waals surface area contributed by atoms with Gasteiger partial charge in [0.05, 0.1) is 0 Å². The van der Waals surface area contributed by atoms with E-state index in [0.29, 0.717) is 6.04 Å². The molecule has 0 fully saturated rings. The van der Waals surface area contributed by atoms with Gasteiger partial charge in [-0.05, 0) is 46.2 Å². The van der Waals surface area contributed by atoms with Crippen molar-refractivity contribution in [1.29, 1.82) is 0 Å². The standard InChI is InChI=1S/C15H33N3/c1-6-9-10-11-12-13-14(17-16)15(4,5)18(7-2)8-3/h6,14,17H,1,7-13,16H2,2-5H3. The minimum atomic E-state index is 0.108. The van der Waals surface area contributed by atoms with Gasteiger partial charge in [0, 0.05) is 11.6 Å². The van der Waals surface area contributed by atoms with Gasteiger partial charge in [-0.3, -0.25) is 16.2 Å². The summed E-state index contributed by atoms with van der Waals surface area (Å²) in [7, 11) is 0. The van der Waals surface area contributed by atoms with Crippen molar-refractivity contribution in [3.05, 3.63) is 12.7 Å². The summed E-state index contributed by atoms with van der Waals surface area (Å²) in [5, 5.41) is 0. The number of hydrogen-bond donors (Lipinski definition) is 2. The summed E-state index contributed by atoms with van der Waals surface area (Å²) in [6, 6.07) is 0.348. The van der Waals surface area contributed by atoms with Gasteiger partial charge in [-0.15, -0.1) is 6.58 Å². The highest BCUT2D eigenvalue weighted by atomic mass is 15.3. The minimum absolute atomic E-state index is 0.108. The van der Waals surface area contributed by atoms with Gasteiger partial charge < -0.3 is 0 Å². The number of nitrogens with one attached hydrogen (secondary N) is 1. The van der Waals surface area contributed by atoms with Gasteiger partial charge >= 0.3 is 0 Å². The van der Waals surface area contributed by atoms with Crippen LogP contribution in [0.4, 0.5) is 0 Å². The summed E-state index contributed by atoms with van der Waals surface area (Å²) in [4.78, 5) is 2.47. The third-order valence-electron chi connectivity index (χ3n) is 4.03. The summed E-state index contributed by atoms with van der Waals surface area (Å²) >= 11 is 0. The molecule has 0 bridgehead atoms. The molecule has 3 nitrogen and oxygen atoms in total. The first kappa shape index (κ1) is 17.6. The quantitative estimate of drug-likeness (QED) is 0.258. The third kappa shape index (κ3) is 5.51. The number of likely N-dealkylation sites (N-methyl/N-ethyl adjacent to an activating group) is 1. The van der Waals surface area contributed by atoms with Crippen molar-refractivity contribution < 1.29 is 0 Å². The number of nitrogens with two attached hydrogens (primary N) is 1. The number of rotatable bonds is 11. The highest BCUT2D eigenvalue weighted by molar-refractivity contribution is 4.91. The normalized spacial score (nSPS) is 13.9. The zero-order valence-electron chi connectivity index (χ0n) is 12.8. The molecule has 0 rings (SSSR count). The number of unbranched alkanes of at least 4 members (excludes halogenated alkanes) is 3. The molecule has 18 heavy (non-hydrogen) atoms. The molecule has 0 aromatic rings. The van der Waals surface area contributed by atoms with Crippen LogP contribution < -0.4 is 11.3 Å². The fourth-order valence-electron chi connectivity index (χ4n) is 2.71. The molecule has 0 saturated carbocycles. The van der Waals surface area contributed by atoms with E-state index in [0.717, 1.165) is 25.9 Å². The fourth-order valence-corrected chi connectivity index (χ4v) is 2.71. The molecule has 0 aromatic carbocycles. The first-order valence-corrected chi connectivity index (χ1v) is 7.36. The summed E-state index contributed by atoms with van der Waals surface area (Å²) in [6.07, 6.45) is 7.99. The lowest BCUT2D eigenvalue weighted by atomic mass is 9.88. The second-order valence-electron chi connectivity index (χ2n) is 5.47. The van der Waals surface area contributed by atoms with E-state index < -0.39 is 0 Å². The van der Waals surface area contributed by atoms with Crippen LogP contribution in [-0.2, 0) is 0 Å². The number of nitrogens with zero attached hydrogens (tertiary/aromatic N) is 1. The molecule has 1 unspecified atom stereocenters. The lowest BCUT2D eigenvalue weighted by molar-refractivity contribution is 0.0863. The SMILES string of the molecule is C=CCCCCCC(NN)C(C)(C)N(CC)CC. The van der Waals surface area contributed by atoms with Crippen LogP contribution in [0, 0.1) is 0 Å². The number of allylic oxidation sites excluding steroid dienone is 1. The average molecular weight is 255 g/mol. The molecule has 0 saturated heterocycles. The van der Waals surface area contributed by atoms with Crippen LogP contribution in [0.5, 0.6) is 0 Å². The van der Waals surface area contributed by atoms with Gasteiger partial charge in [-0.1, -0.05) is 32.8 Å². The molecule has 108 valence electrons. The molecular formula is C15H33N3. The van der Waals surface area contributed by atoms with Gasteiger partial charge in [-0.25, -0.2) is 0 Å². The first-order chi connectivity index (χ1) is 8.54. The van der Waals surface area contributed by atoms with Gasteiger partial charge in [0.15, 0.2) is 0 Å². The van der Waals surface area contributed by atoms with Crippen molar-refractivity contribution >= 4 is 0 Å². The molecule has 3 heteroatoms. The van der Waals surface area contributed by atoms with Crippen molar-refractivity contribution in [2.24, 2.45) is 5.84 Å². The van der Waals surface area contributed by atoms with Gasteiger partial charge in [-0.2, -0.15) is 0 Å². The topological polar surface area (TPSA) is 41.3 Å². The summed E-state index contributed by atoms with van der Waals surface area (Å²) in [5.41, 5.74) is 3.13. The van der Waals surface area contributed by atoms with Gasteiger partial charge in [0.25, 0.3) is 0 Å². The molecule has 0 amide bonds. The Morgan fingerprint density at radius 2 is 1.83 bits per heavy atom. The van der Waals surface area contributed by atoms with Crippen LogP contribution >= 0.6 is 0 Å². The lowest BCUT2D eigenvalue weighted by Gasteiger charge is -2.43. The number of hydrogen-bond acceptors (Lipinski definition) is 3. The van der Waals surface area contributed by atoms with E-state index in [2.05, 4.69) is 44.6 Å². The van der Waals surface area contributed by atoms with E-state index in [1.54, 1.807) is 0 Å². The van der Waals surface area contributed by atoms with Gasteiger partial charge in [0.1, 0.15) is 0 Å². The van der Waals surface area contributed by atoms with Crippen molar-refractivity contribution in [2.45, 2.75) is 71.4 Å². The van der Waals surface area contributed by atoms with E-state index in [-0.39, 0.29) is 5.54 Å². The Bertz CT molecular complexity index is 210. The average Bonchev–Trinajstić information content (AvgIpc) is 2.34. The number of hydrazine groups is 1. The van der Waals surface area contributed by atoms with Crippen LogP contribution in [0.15, 0.2) is 12.7 Å². The maximum Gasteiger partial charge on any atom is 0.0389 e. The van der Waals surface area contributed by atoms with E-state index in [4.69, 9.17) is 5.84 Å². The zero-order valence-corrected chi connectivity index (χ0v) is 12.8. The van der Waals surface area contributed by atoms with Crippen LogP contribution in [-0.4, -0.2) is 29.6 Å². The summed E-state index contributed by atoms with van der Waals surface area (Å²) in [6.45, 7) is 14.9. The van der Waals surface area contributed by atoms with E-state index in [1.165, 1.54) is 19.3 Å². The van der Waals surface area contributed by atoms with E-state index in [1.807, 2.05) is 6.08 Å². The third-order valence-corrected chi connectivity index (χ3v) is 4.03. The summed E-state index contributed by atoms with van der Waals surface area (Å²) in [5.74, 6) is 5.75. The van der Waals surface area contributed by atoms with Crippen molar-refractivity contribution in [3.8, 4) is 0 Å².